The minimum atomic E-state index is -0.366. The zero-order valence-corrected chi connectivity index (χ0v) is 13.4. The lowest BCUT2D eigenvalue weighted by Gasteiger charge is -2.09. The fourth-order valence-electron chi connectivity index (χ4n) is 1.68. The average Bonchev–Trinajstić information content (AvgIpc) is 2.46. The van der Waals surface area contributed by atoms with Gasteiger partial charge in [-0.3, -0.25) is 0 Å². The molecule has 0 aliphatic carbocycles. The summed E-state index contributed by atoms with van der Waals surface area (Å²) in [5.74, 6) is 0.194. The Bertz CT molecular complexity index is 507. The minimum Gasteiger partial charge on any atom is -0.463 e. The molecule has 0 saturated heterocycles. The summed E-state index contributed by atoms with van der Waals surface area (Å²) >= 11 is 0. The number of benzene rings is 1. The molecule has 0 unspecified atom stereocenters. The summed E-state index contributed by atoms with van der Waals surface area (Å²) in [6, 6.07) is 6.99. The minimum absolute atomic E-state index is 0.213. The van der Waals surface area contributed by atoms with Crippen LogP contribution in [0.5, 0.6) is 0 Å². The number of hydrogen-bond donors (Lipinski definition) is 2. The van der Waals surface area contributed by atoms with Crippen molar-refractivity contribution in [3.63, 3.8) is 0 Å². The van der Waals surface area contributed by atoms with E-state index < -0.39 is 0 Å². The zero-order chi connectivity index (χ0) is 16.4. The molecule has 0 spiro atoms. The van der Waals surface area contributed by atoms with Gasteiger partial charge in [0.15, 0.2) is 0 Å². The van der Waals surface area contributed by atoms with Crippen molar-refractivity contribution >= 4 is 23.8 Å². The Kier molecular flexibility index (Phi) is 7.75. The van der Waals surface area contributed by atoms with Gasteiger partial charge in [-0.15, -0.1) is 0 Å². The van der Waals surface area contributed by atoms with E-state index in [4.69, 9.17) is 4.74 Å². The van der Waals surface area contributed by atoms with Crippen LogP contribution in [0.15, 0.2) is 30.3 Å². The Morgan fingerprint density at radius 3 is 2.50 bits per heavy atom. The number of nitrogens with one attached hydrogen (secondary N) is 2. The number of amides is 2. The molecule has 0 bridgehead atoms. The summed E-state index contributed by atoms with van der Waals surface area (Å²) in [7, 11) is 0. The van der Waals surface area contributed by atoms with Gasteiger partial charge in [-0.2, -0.15) is 0 Å². The summed E-state index contributed by atoms with van der Waals surface area (Å²) in [6.07, 6.45) is 4.00. The second kappa shape index (κ2) is 9.60. The van der Waals surface area contributed by atoms with E-state index in [0.717, 1.165) is 12.0 Å². The highest BCUT2D eigenvalue weighted by molar-refractivity contribution is 5.90. The maximum atomic E-state index is 11.7. The predicted octanol–water partition coefficient (Wildman–Crippen LogP) is 3.43. The number of urea groups is 1. The molecule has 22 heavy (non-hydrogen) atoms. The van der Waals surface area contributed by atoms with Crippen molar-refractivity contribution in [2.45, 2.75) is 27.2 Å². The van der Waals surface area contributed by atoms with Crippen LogP contribution >= 0.6 is 0 Å². The van der Waals surface area contributed by atoms with Crippen molar-refractivity contribution in [1.82, 2.24) is 5.32 Å². The molecule has 120 valence electrons. The molecule has 1 aromatic carbocycles. The lowest BCUT2D eigenvalue weighted by atomic mass is 10.1. The van der Waals surface area contributed by atoms with E-state index in [1.165, 1.54) is 6.08 Å². The lowest BCUT2D eigenvalue weighted by Crippen LogP contribution is -2.30. The Hall–Kier alpha value is -2.30. The third-order valence-electron chi connectivity index (χ3n) is 2.87. The first-order valence-corrected chi connectivity index (χ1v) is 7.51. The van der Waals surface area contributed by atoms with E-state index in [1.807, 2.05) is 12.1 Å². The van der Waals surface area contributed by atoms with Crippen LogP contribution in [0.2, 0.25) is 0 Å². The van der Waals surface area contributed by atoms with Crippen molar-refractivity contribution in [2.24, 2.45) is 5.92 Å². The van der Waals surface area contributed by atoms with E-state index in [0.29, 0.717) is 24.8 Å². The quantitative estimate of drug-likeness (QED) is 0.599. The van der Waals surface area contributed by atoms with Crippen molar-refractivity contribution < 1.29 is 14.3 Å². The fraction of sp³-hybridized carbons (Fsp3) is 0.412. The number of rotatable bonds is 7. The van der Waals surface area contributed by atoms with Crippen molar-refractivity contribution in [3.05, 3.63) is 35.9 Å². The number of carbonyl (C=O) groups excluding carboxylic acids is 2. The first kappa shape index (κ1) is 17.8. The average molecular weight is 304 g/mol. The van der Waals surface area contributed by atoms with Gasteiger partial charge >= 0.3 is 12.0 Å². The van der Waals surface area contributed by atoms with Crippen LogP contribution in [0.25, 0.3) is 6.08 Å². The Balaban J connectivity index is 2.44. The van der Waals surface area contributed by atoms with Crippen LogP contribution in [-0.2, 0) is 9.53 Å². The molecule has 1 rings (SSSR count). The van der Waals surface area contributed by atoms with E-state index >= 15 is 0 Å². The molecule has 0 aromatic heterocycles. The molecule has 0 aliphatic rings. The molecular weight excluding hydrogens is 280 g/mol. The second-order valence-electron chi connectivity index (χ2n) is 5.27. The van der Waals surface area contributed by atoms with E-state index in [9.17, 15) is 9.59 Å². The Morgan fingerprint density at radius 1 is 1.23 bits per heavy atom. The summed E-state index contributed by atoms with van der Waals surface area (Å²) in [5, 5.41) is 5.57. The van der Waals surface area contributed by atoms with Crippen LogP contribution in [-0.4, -0.2) is 25.2 Å². The number of esters is 1. The topological polar surface area (TPSA) is 67.4 Å². The van der Waals surface area contributed by atoms with Crippen molar-refractivity contribution in [1.29, 1.82) is 0 Å². The standard InChI is InChI=1S/C17H24N2O3/c1-4-22-16(20)10-7-14-5-8-15(9-6-14)19-17(21)18-12-11-13(2)3/h5-10,13H,4,11-12H2,1-3H3,(H2,18,19,21)/b10-7-. The van der Waals surface area contributed by atoms with E-state index in [-0.39, 0.29) is 12.0 Å². The summed E-state index contributed by atoms with van der Waals surface area (Å²) in [6.45, 7) is 7.00. The number of ether oxygens (including phenoxy) is 1. The first-order valence-electron chi connectivity index (χ1n) is 7.51. The molecule has 2 amide bonds. The largest absolute Gasteiger partial charge is 0.463 e. The maximum absolute atomic E-state index is 11.7. The number of anilines is 1. The molecule has 5 nitrogen and oxygen atoms in total. The number of carbonyl (C=O) groups is 2. The molecule has 0 fully saturated rings. The van der Waals surface area contributed by atoms with Crippen molar-refractivity contribution in [2.75, 3.05) is 18.5 Å². The third kappa shape index (κ3) is 7.47. The Morgan fingerprint density at radius 2 is 1.91 bits per heavy atom. The van der Waals surface area contributed by atoms with Gasteiger partial charge in [-0.25, -0.2) is 9.59 Å². The van der Waals surface area contributed by atoms with Crippen molar-refractivity contribution in [3.8, 4) is 0 Å². The van der Waals surface area contributed by atoms with Gasteiger partial charge in [0, 0.05) is 18.3 Å². The smallest absolute Gasteiger partial charge is 0.330 e. The van der Waals surface area contributed by atoms with Crippen LogP contribution in [0.4, 0.5) is 10.5 Å². The molecule has 2 N–H and O–H groups in total. The second-order valence-corrected chi connectivity index (χ2v) is 5.27. The van der Waals surface area contributed by atoms with Gasteiger partial charge in [-0.1, -0.05) is 26.0 Å². The summed E-state index contributed by atoms with van der Waals surface area (Å²) in [4.78, 5) is 22.9. The number of hydrogen-bond acceptors (Lipinski definition) is 3. The maximum Gasteiger partial charge on any atom is 0.330 e. The van der Waals surface area contributed by atoms with Gasteiger partial charge in [0.25, 0.3) is 0 Å². The van der Waals surface area contributed by atoms with Gasteiger partial charge < -0.3 is 15.4 Å². The molecular formula is C17H24N2O3. The van der Waals surface area contributed by atoms with Gasteiger partial charge in [0.05, 0.1) is 6.61 Å². The molecule has 0 saturated carbocycles. The third-order valence-corrected chi connectivity index (χ3v) is 2.87. The summed E-state index contributed by atoms with van der Waals surface area (Å²) in [5.41, 5.74) is 1.56. The normalized spacial score (nSPS) is 10.7. The van der Waals surface area contributed by atoms with Gasteiger partial charge in [0.1, 0.15) is 0 Å². The zero-order valence-electron chi connectivity index (χ0n) is 13.4. The first-order chi connectivity index (χ1) is 10.5. The predicted molar refractivity (Wildman–Crippen MR) is 88.6 cm³/mol. The molecule has 0 radical (unpaired) electrons. The highest BCUT2D eigenvalue weighted by atomic mass is 16.5. The molecule has 0 atom stereocenters. The SMILES string of the molecule is CCOC(=O)/C=C\c1ccc(NC(=O)NCCC(C)C)cc1. The van der Waals surface area contributed by atoms with Crippen LogP contribution in [0, 0.1) is 5.92 Å². The van der Waals surface area contributed by atoms with Crippen LogP contribution in [0.3, 0.4) is 0 Å². The monoisotopic (exact) mass is 304 g/mol. The van der Waals surface area contributed by atoms with Crippen LogP contribution in [0.1, 0.15) is 32.8 Å². The molecule has 5 heteroatoms. The van der Waals surface area contributed by atoms with E-state index in [1.54, 1.807) is 25.1 Å². The van der Waals surface area contributed by atoms with Gasteiger partial charge in [-0.05, 0) is 43.0 Å². The van der Waals surface area contributed by atoms with Gasteiger partial charge in [0.2, 0.25) is 0 Å². The summed E-state index contributed by atoms with van der Waals surface area (Å²) < 4.78 is 4.80. The highest BCUT2D eigenvalue weighted by Crippen LogP contribution is 2.10. The molecule has 1 aromatic rings. The Labute approximate surface area is 131 Å². The van der Waals surface area contributed by atoms with Crippen LogP contribution < -0.4 is 10.6 Å². The lowest BCUT2D eigenvalue weighted by molar-refractivity contribution is -0.137. The fourth-order valence-corrected chi connectivity index (χ4v) is 1.68. The molecule has 0 heterocycles. The van der Waals surface area contributed by atoms with E-state index in [2.05, 4.69) is 24.5 Å². The molecule has 0 aliphatic heterocycles. The highest BCUT2D eigenvalue weighted by Gasteiger charge is 2.02.